The smallest absolute Gasteiger partial charge is 0.248 e. The number of carbonyl (C=O) groups is 1. The summed E-state index contributed by atoms with van der Waals surface area (Å²) in [7, 11) is 0. The first-order valence-electron chi connectivity index (χ1n) is 7.73. The van der Waals surface area contributed by atoms with Gasteiger partial charge in [-0.15, -0.1) is 5.10 Å². The lowest BCUT2D eigenvalue weighted by atomic mass is 10.2. The number of hydrogen-bond donors (Lipinski definition) is 1. The van der Waals surface area contributed by atoms with Gasteiger partial charge in [0.15, 0.2) is 0 Å². The minimum absolute atomic E-state index is 0.183. The normalized spacial score (nSPS) is 10.9. The molecule has 3 aromatic rings. The summed E-state index contributed by atoms with van der Waals surface area (Å²) in [6.07, 6.45) is 3.34. The molecule has 0 aliphatic heterocycles. The Morgan fingerprint density at radius 2 is 2.04 bits per heavy atom. The maximum atomic E-state index is 13.1. The Morgan fingerprint density at radius 3 is 2.73 bits per heavy atom. The number of anilines is 1. The highest BCUT2D eigenvalue weighted by Gasteiger charge is 2.10. The van der Waals surface area contributed by atoms with Crippen molar-refractivity contribution in [2.75, 3.05) is 5.32 Å². The Hall–Kier alpha value is -2.45. The number of rotatable bonds is 6. The van der Waals surface area contributed by atoms with E-state index in [9.17, 15) is 9.18 Å². The highest BCUT2D eigenvalue weighted by molar-refractivity contribution is 6.31. The van der Waals surface area contributed by atoms with Crippen molar-refractivity contribution in [2.45, 2.75) is 26.4 Å². The van der Waals surface area contributed by atoms with Crippen LogP contribution in [0, 0.1) is 12.7 Å². The van der Waals surface area contributed by atoms with Gasteiger partial charge in [-0.1, -0.05) is 29.3 Å². The Balaban J connectivity index is 1.55. The lowest BCUT2D eigenvalue weighted by Crippen LogP contribution is -2.16. The van der Waals surface area contributed by atoms with E-state index in [4.69, 9.17) is 23.2 Å². The van der Waals surface area contributed by atoms with Gasteiger partial charge in [-0.2, -0.15) is 5.10 Å². The van der Waals surface area contributed by atoms with Crippen molar-refractivity contribution in [1.82, 2.24) is 24.5 Å². The second kappa shape index (κ2) is 7.84. The zero-order valence-corrected chi connectivity index (χ0v) is 15.3. The Labute approximate surface area is 158 Å². The molecule has 3 rings (SSSR count). The minimum Gasteiger partial charge on any atom is -0.293 e. The molecule has 1 N–H and O–H groups in total. The molecule has 0 radical (unpaired) electrons. The van der Waals surface area contributed by atoms with Gasteiger partial charge in [0.1, 0.15) is 12.1 Å². The Bertz CT molecular complexity index is 919. The molecule has 0 bridgehead atoms. The molecule has 0 aliphatic rings. The summed E-state index contributed by atoms with van der Waals surface area (Å²) in [5, 5.41) is 11.8. The van der Waals surface area contributed by atoms with Crippen LogP contribution in [0.1, 0.15) is 17.7 Å². The van der Waals surface area contributed by atoms with Gasteiger partial charge in [-0.05, 0) is 24.6 Å². The van der Waals surface area contributed by atoms with E-state index in [2.05, 4.69) is 20.5 Å². The maximum absolute atomic E-state index is 13.1. The molecule has 2 heterocycles. The monoisotopic (exact) mass is 396 g/mol. The molecular formula is C16H15Cl2FN6O. The first kappa shape index (κ1) is 18.3. The van der Waals surface area contributed by atoms with Crippen molar-refractivity contribution in [3.8, 4) is 0 Å². The predicted octanol–water partition coefficient (Wildman–Crippen LogP) is 3.31. The van der Waals surface area contributed by atoms with E-state index < -0.39 is 5.82 Å². The minimum atomic E-state index is -0.404. The first-order valence-corrected chi connectivity index (χ1v) is 8.49. The molecule has 0 saturated heterocycles. The Morgan fingerprint density at radius 1 is 1.23 bits per heavy atom. The molecule has 0 unspecified atom stereocenters. The van der Waals surface area contributed by atoms with E-state index in [0.29, 0.717) is 34.4 Å². The maximum Gasteiger partial charge on any atom is 0.248 e. The molecule has 10 heteroatoms. The van der Waals surface area contributed by atoms with Crippen LogP contribution in [0.3, 0.4) is 0 Å². The number of aryl methyl sites for hydroxylation is 2. The third-order valence-electron chi connectivity index (χ3n) is 3.59. The second-order valence-electron chi connectivity index (χ2n) is 5.63. The van der Waals surface area contributed by atoms with Crippen LogP contribution in [0.4, 0.5) is 10.3 Å². The van der Waals surface area contributed by atoms with Crippen LogP contribution >= 0.6 is 23.2 Å². The molecular weight excluding hydrogens is 382 g/mol. The second-order valence-corrected chi connectivity index (χ2v) is 6.44. The van der Waals surface area contributed by atoms with Crippen molar-refractivity contribution in [3.63, 3.8) is 0 Å². The van der Waals surface area contributed by atoms with E-state index in [1.165, 1.54) is 23.1 Å². The zero-order chi connectivity index (χ0) is 18.7. The lowest BCUT2D eigenvalue weighted by Gasteiger charge is -2.04. The summed E-state index contributed by atoms with van der Waals surface area (Å²) >= 11 is 11.9. The largest absolute Gasteiger partial charge is 0.293 e. The molecule has 0 saturated carbocycles. The first-order chi connectivity index (χ1) is 12.4. The molecule has 0 aliphatic carbocycles. The summed E-state index contributed by atoms with van der Waals surface area (Å²) < 4.78 is 16.2. The molecule has 1 aromatic carbocycles. The highest BCUT2D eigenvalue weighted by Crippen LogP contribution is 2.18. The van der Waals surface area contributed by atoms with Crippen LogP contribution in [0.15, 0.2) is 30.7 Å². The number of nitrogens with zero attached hydrogens (tertiary/aromatic N) is 5. The summed E-state index contributed by atoms with van der Waals surface area (Å²) in [6, 6.07) is 4.14. The lowest BCUT2D eigenvalue weighted by molar-refractivity contribution is -0.116. The van der Waals surface area contributed by atoms with Crippen LogP contribution in [0.2, 0.25) is 10.0 Å². The number of nitrogens with one attached hydrogen (secondary N) is 1. The van der Waals surface area contributed by atoms with Crippen molar-refractivity contribution < 1.29 is 9.18 Å². The fraction of sp³-hybridized carbons (Fsp3) is 0.250. The van der Waals surface area contributed by atoms with Crippen molar-refractivity contribution >= 4 is 35.1 Å². The summed E-state index contributed by atoms with van der Waals surface area (Å²) in [4.78, 5) is 16.0. The topological polar surface area (TPSA) is 77.6 Å². The van der Waals surface area contributed by atoms with Crippen molar-refractivity contribution in [2.24, 2.45) is 0 Å². The van der Waals surface area contributed by atoms with E-state index in [1.54, 1.807) is 23.9 Å². The Kier molecular flexibility index (Phi) is 5.53. The molecule has 0 fully saturated rings. The molecule has 136 valence electrons. The van der Waals surface area contributed by atoms with Crippen LogP contribution < -0.4 is 5.32 Å². The van der Waals surface area contributed by atoms with Gasteiger partial charge < -0.3 is 0 Å². The van der Waals surface area contributed by atoms with Gasteiger partial charge in [-0.25, -0.2) is 14.1 Å². The average molecular weight is 397 g/mol. The quantitative estimate of drug-likeness (QED) is 0.693. The van der Waals surface area contributed by atoms with Gasteiger partial charge in [0.25, 0.3) is 0 Å². The highest BCUT2D eigenvalue weighted by atomic mass is 35.5. The summed E-state index contributed by atoms with van der Waals surface area (Å²) in [5.41, 5.74) is 1.41. The van der Waals surface area contributed by atoms with Gasteiger partial charge in [0.2, 0.25) is 11.9 Å². The number of halogens is 3. The predicted molar refractivity (Wildman–Crippen MR) is 95.8 cm³/mol. The average Bonchev–Trinajstić information content (AvgIpc) is 3.15. The standard InChI is InChI=1S/C16H15Cl2FN6O/c1-10-14(18)8-24(22-10)5-4-15(26)21-16-20-9-25(23-16)7-11-2-3-12(19)6-13(11)17/h2-3,6,8-9H,4-5,7H2,1H3,(H,21,23,26). The van der Waals surface area contributed by atoms with Crippen LogP contribution in [0.25, 0.3) is 0 Å². The van der Waals surface area contributed by atoms with Crippen LogP contribution in [-0.2, 0) is 17.9 Å². The van der Waals surface area contributed by atoms with Gasteiger partial charge in [0, 0.05) is 24.2 Å². The molecule has 2 aromatic heterocycles. The third kappa shape index (κ3) is 4.59. The molecule has 26 heavy (non-hydrogen) atoms. The van der Waals surface area contributed by atoms with Gasteiger partial charge in [-0.3, -0.25) is 14.8 Å². The number of hydrogen-bond acceptors (Lipinski definition) is 4. The SMILES string of the molecule is Cc1nn(CCC(=O)Nc2ncn(Cc3ccc(F)cc3Cl)n2)cc1Cl. The fourth-order valence-corrected chi connectivity index (χ4v) is 2.64. The number of amides is 1. The number of aromatic nitrogens is 5. The van der Waals surface area contributed by atoms with Crippen molar-refractivity contribution in [3.05, 3.63) is 57.8 Å². The van der Waals surface area contributed by atoms with Gasteiger partial charge in [0.05, 0.1) is 17.3 Å². The van der Waals surface area contributed by atoms with E-state index >= 15 is 0 Å². The number of benzene rings is 1. The van der Waals surface area contributed by atoms with E-state index in [-0.39, 0.29) is 18.3 Å². The summed E-state index contributed by atoms with van der Waals surface area (Å²) in [5.74, 6) is -0.464. The number of carbonyl (C=O) groups excluding carboxylic acids is 1. The van der Waals surface area contributed by atoms with Crippen molar-refractivity contribution in [1.29, 1.82) is 0 Å². The third-order valence-corrected chi connectivity index (χ3v) is 4.31. The summed E-state index contributed by atoms with van der Waals surface area (Å²) in [6.45, 7) is 2.50. The van der Waals surface area contributed by atoms with E-state index in [0.717, 1.165) is 0 Å². The molecule has 7 nitrogen and oxygen atoms in total. The molecule has 1 amide bonds. The zero-order valence-electron chi connectivity index (χ0n) is 13.8. The van der Waals surface area contributed by atoms with Gasteiger partial charge >= 0.3 is 0 Å². The van der Waals surface area contributed by atoms with Crippen LogP contribution in [0.5, 0.6) is 0 Å². The van der Waals surface area contributed by atoms with Crippen LogP contribution in [-0.4, -0.2) is 30.5 Å². The van der Waals surface area contributed by atoms with E-state index in [1.807, 2.05) is 0 Å². The fourth-order valence-electron chi connectivity index (χ4n) is 2.26. The molecule has 0 spiro atoms. The molecule has 0 atom stereocenters.